The van der Waals surface area contributed by atoms with Crippen LogP contribution in [0.25, 0.3) is 21.7 Å². The van der Waals surface area contributed by atoms with Gasteiger partial charge in [0.05, 0.1) is 18.5 Å². The van der Waals surface area contributed by atoms with E-state index in [0.29, 0.717) is 10.8 Å². The summed E-state index contributed by atoms with van der Waals surface area (Å²) >= 11 is 0. The maximum Gasteiger partial charge on any atom is 0.412 e. The smallest absolute Gasteiger partial charge is 0.412 e. The molecule has 0 saturated heterocycles. The first-order valence-corrected chi connectivity index (χ1v) is 11.4. The third kappa shape index (κ3) is 9.27. The van der Waals surface area contributed by atoms with Crippen LogP contribution in [0, 0.1) is 0 Å². The minimum absolute atomic E-state index is 0. The Morgan fingerprint density at radius 2 is 1.23 bits per heavy atom. The summed E-state index contributed by atoms with van der Waals surface area (Å²) in [5, 5.41) is 28.5. The Kier molecular flexibility index (Phi) is 13.7. The van der Waals surface area contributed by atoms with Gasteiger partial charge in [0.1, 0.15) is 0 Å². The quantitative estimate of drug-likeness (QED) is 0.123. The van der Waals surface area contributed by atoms with Gasteiger partial charge in [0.2, 0.25) is 0 Å². The van der Waals surface area contributed by atoms with Gasteiger partial charge in [-0.2, -0.15) is 0 Å². The van der Waals surface area contributed by atoms with Crippen molar-refractivity contribution in [3.8, 4) is 11.5 Å². The Bertz CT molecular complexity index is 1280. The van der Waals surface area contributed by atoms with Crippen LogP contribution >= 0.6 is 24.8 Å². The lowest BCUT2D eigenvalue weighted by molar-refractivity contribution is -0.136. The van der Waals surface area contributed by atoms with Crippen LogP contribution in [0.3, 0.4) is 0 Å². The number of fused-ring (bicyclic) bond motifs is 2. The molecular weight excluding hydrogens is 575 g/mol. The van der Waals surface area contributed by atoms with Crippen molar-refractivity contribution in [3.63, 3.8) is 0 Å². The number of aliphatic carboxylic acids is 2. The fourth-order valence-electron chi connectivity index (χ4n) is 3.41. The van der Waals surface area contributed by atoms with Gasteiger partial charge in [-0.05, 0) is 6.07 Å². The summed E-state index contributed by atoms with van der Waals surface area (Å²) in [4.78, 5) is 58.2. The second kappa shape index (κ2) is 16.1. The predicted octanol–water partition coefficient (Wildman–Crippen LogP) is 2.16. The molecule has 0 fully saturated rings. The van der Waals surface area contributed by atoms with Gasteiger partial charge >= 0.3 is 24.1 Å². The highest BCUT2D eigenvalue weighted by Gasteiger charge is 2.24. The van der Waals surface area contributed by atoms with Crippen LogP contribution in [-0.4, -0.2) is 79.4 Å². The average molecular weight is 603 g/mol. The predicted molar refractivity (Wildman–Crippen MR) is 147 cm³/mol. The fourth-order valence-corrected chi connectivity index (χ4v) is 3.41. The summed E-state index contributed by atoms with van der Waals surface area (Å²) in [6.45, 7) is 1.28. The van der Waals surface area contributed by atoms with E-state index in [0.717, 1.165) is 0 Å². The van der Waals surface area contributed by atoms with Gasteiger partial charge in [0, 0.05) is 43.9 Å². The zero-order valence-corrected chi connectivity index (χ0v) is 22.7. The largest absolute Gasteiger partial charge is 0.480 e. The highest BCUT2D eigenvalue weighted by Crippen LogP contribution is 2.44. The Morgan fingerprint density at radius 1 is 0.750 bits per heavy atom. The zero-order chi connectivity index (χ0) is 27.7. The van der Waals surface area contributed by atoms with E-state index in [1.165, 1.54) is 13.0 Å². The zero-order valence-electron chi connectivity index (χ0n) is 21.1. The number of carboxylic acid groups (broad SMARTS) is 2. The number of hydrogen-bond donors (Lipinski definition) is 6. The van der Waals surface area contributed by atoms with Gasteiger partial charge in [0.25, 0.3) is 0 Å². The molecule has 3 aromatic rings. The van der Waals surface area contributed by atoms with Gasteiger partial charge in [-0.15, -0.1) is 24.8 Å². The number of nitrogens with one attached hydrogen (secondary N) is 4. The minimum atomic E-state index is -1.04. The van der Waals surface area contributed by atoms with Gasteiger partial charge in [0.15, 0.2) is 28.6 Å². The number of carbonyl (C=O) groups excluding carboxylic acids is 3. The number of hydrogen-bond acceptors (Lipinski definition) is 10. The molecule has 2 aromatic carbocycles. The first kappa shape index (κ1) is 33.9. The van der Waals surface area contributed by atoms with Crippen molar-refractivity contribution in [2.75, 3.05) is 39.3 Å². The van der Waals surface area contributed by atoms with Crippen molar-refractivity contribution in [1.29, 1.82) is 0 Å². The molecule has 1 heterocycles. The number of Topliss-reactive ketones (excluding diaryl/α,β-unsaturated/α-hetero) is 1. The molecule has 3 rings (SSSR count). The molecule has 0 radical (unpaired) electrons. The lowest BCUT2D eigenvalue weighted by Gasteiger charge is -2.14. The number of furan rings is 1. The highest BCUT2D eigenvalue weighted by atomic mass is 35.5. The molecule has 2 amide bonds. The van der Waals surface area contributed by atoms with Crippen LogP contribution in [0.5, 0.6) is 11.5 Å². The monoisotopic (exact) mass is 602 g/mol. The van der Waals surface area contributed by atoms with E-state index in [1.54, 1.807) is 24.3 Å². The molecule has 0 saturated carbocycles. The van der Waals surface area contributed by atoms with Crippen LogP contribution in [0.2, 0.25) is 0 Å². The van der Waals surface area contributed by atoms with E-state index >= 15 is 0 Å². The molecule has 14 nitrogen and oxygen atoms in total. The summed E-state index contributed by atoms with van der Waals surface area (Å²) in [7, 11) is 0. The lowest BCUT2D eigenvalue weighted by atomic mass is 10.1. The molecule has 16 heteroatoms. The molecule has 40 heavy (non-hydrogen) atoms. The number of carbonyl (C=O) groups is 5. The summed E-state index contributed by atoms with van der Waals surface area (Å²) < 4.78 is 16.8. The standard InChI is InChI=1S/C24H26N4O10.2ClH/c1-13(29)17-10-16-20(37-23(34)27-8-6-25-11-18(30)31)14-4-2-3-5-15(14)21(22(16)36-17)38-24(35)28-9-7-26-12-19(32)33;;/h2-5,10,25-26H,6-9,11-12H2,1H3,(H,27,34)(H,28,35)(H,30,31)(H,32,33);2*1H. The Morgan fingerprint density at radius 3 is 1.70 bits per heavy atom. The Labute approximate surface area is 239 Å². The van der Waals surface area contributed by atoms with E-state index < -0.39 is 29.9 Å². The van der Waals surface area contributed by atoms with Crippen molar-refractivity contribution in [2.24, 2.45) is 0 Å². The van der Waals surface area contributed by atoms with Crippen LogP contribution in [0.4, 0.5) is 9.59 Å². The molecule has 6 N–H and O–H groups in total. The van der Waals surface area contributed by atoms with Crippen molar-refractivity contribution < 1.29 is 48.1 Å². The number of amides is 2. The van der Waals surface area contributed by atoms with E-state index in [9.17, 15) is 24.0 Å². The maximum atomic E-state index is 12.5. The van der Waals surface area contributed by atoms with E-state index in [-0.39, 0.29) is 92.3 Å². The van der Waals surface area contributed by atoms with Crippen LogP contribution in [0.15, 0.2) is 34.7 Å². The second-order valence-corrected chi connectivity index (χ2v) is 7.89. The number of carboxylic acids is 2. The highest BCUT2D eigenvalue weighted by molar-refractivity contribution is 6.12. The molecule has 0 aliphatic rings. The average Bonchev–Trinajstić information content (AvgIpc) is 3.31. The van der Waals surface area contributed by atoms with Crippen LogP contribution in [-0.2, 0) is 9.59 Å². The van der Waals surface area contributed by atoms with Gasteiger partial charge < -0.3 is 45.4 Å². The van der Waals surface area contributed by atoms with Crippen LogP contribution in [0.1, 0.15) is 17.5 Å². The van der Waals surface area contributed by atoms with E-state index in [2.05, 4.69) is 21.3 Å². The number of halogens is 2. The van der Waals surface area contributed by atoms with E-state index in [1.807, 2.05) is 0 Å². The molecule has 0 spiro atoms. The van der Waals surface area contributed by atoms with Crippen molar-refractivity contribution in [1.82, 2.24) is 21.3 Å². The molecule has 218 valence electrons. The molecule has 1 aromatic heterocycles. The minimum Gasteiger partial charge on any atom is -0.480 e. The van der Waals surface area contributed by atoms with Gasteiger partial charge in [-0.25, -0.2) is 9.59 Å². The van der Waals surface area contributed by atoms with Crippen molar-refractivity contribution in [3.05, 3.63) is 36.1 Å². The normalized spacial score (nSPS) is 10.2. The Balaban J connectivity index is 0.00000400. The van der Waals surface area contributed by atoms with Crippen LogP contribution < -0.4 is 30.7 Å². The third-order valence-electron chi connectivity index (χ3n) is 5.03. The van der Waals surface area contributed by atoms with Gasteiger partial charge in [-0.1, -0.05) is 24.3 Å². The molecular formula is C24H28Cl2N4O10. The van der Waals surface area contributed by atoms with Crippen molar-refractivity contribution >= 4 is 76.5 Å². The number of ether oxygens (including phenoxy) is 2. The number of ketones is 1. The lowest BCUT2D eigenvalue weighted by Crippen LogP contribution is -2.35. The SMILES string of the molecule is CC(=O)c1cc2c(OC(=O)NCCNCC(=O)O)c3ccccc3c(OC(=O)NCCNCC(=O)O)c2o1.Cl.Cl. The molecule has 0 atom stereocenters. The van der Waals surface area contributed by atoms with E-state index in [4.69, 9.17) is 24.1 Å². The maximum absolute atomic E-state index is 12.5. The molecule has 0 unspecified atom stereocenters. The molecule has 0 aliphatic heterocycles. The summed E-state index contributed by atoms with van der Waals surface area (Å²) in [6.07, 6.45) is -1.69. The summed E-state index contributed by atoms with van der Waals surface area (Å²) in [5.41, 5.74) is -0.000947. The summed E-state index contributed by atoms with van der Waals surface area (Å²) in [5.74, 6) is -2.48. The third-order valence-corrected chi connectivity index (χ3v) is 5.03. The number of benzene rings is 2. The Hall–Kier alpha value is -4.11. The second-order valence-electron chi connectivity index (χ2n) is 7.89. The first-order valence-electron chi connectivity index (χ1n) is 11.4. The van der Waals surface area contributed by atoms with Gasteiger partial charge in [-0.3, -0.25) is 14.4 Å². The summed E-state index contributed by atoms with van der Waals surface area (Å²) in [6, 6.07) is 7.97. The molecule has 0 aliphatic carbocycles. The van der Waals surface area contributed by atoms with Crippen molar-refractivity contribution in [2.45, 2.75) is 6.92 Å². The first-order chi connectivity index (χ1) is 18.2. The topological polar surface area (TPSA) is 206 Å². The molecule has 0 bridgehead atoms. The number of rotatable bonds is 13. The fraction of sp³-hybridized carbons (Fsp3) is 0.292.